The van der Waals surface area contributed by atoms with Gasteiger partial charge in [-0.15, -0.1) is 0 Å². The molecule has 6 aromatic rings. The van der Waals surface area contributed by atoms with Crippen LogP contribution in [0.15, 0.2) is 91.4 Å². The first-order valence-electron chi connectivity index (χ1n) is 41.0. The first-order valence-corrected chi connectivity index (χ1v) is 41.0. The van der Waals surface area contributed by atoms with Crippen LogP contribution in [0.5, 0.6) is 0 Å². The molecule has 0 radical (unpaired) electrons. The first kappa shape index (κ1) is 93.9. The van der Waals surface area contributed by atoms with Gasteiger partial charge in [0, 0.05) is 70.6 Å². The predicted octanol–water partition coefficient (Wildman–Crippen LogP) is -0.149. The van der Waals surface area contributed by atoms with Crippen molar-refractivity contribution in [2.45, 2.75) is 240 Å². The second kappa shape index (κ2) is 51.8. The average molecular weight is 1600 g/mol. The summed E-state index contributed by atoms with van der Waals surface area (Å²) in [7, 11) is 0. The largest absolute Gasteiger partial charge is 0.368 e. The van der Waals surface area contributed by atoms with Crippen LogP contribution in [0.25, 0.3) is 32.7 Å². The molecule has 11 atom stereocenters. The predicted molar refractivity (Wildman–Crippen MR) is 446 cm³/mol. The lowest BCUT2D eigenvalue weighted by atomic mass is 10.0. The molecular weight excluding hydrogens is 1470 g/mol. The lowest BCUT2D eigenvalue weighted by Gasteiger charge is -2.29. The van der Waals surface area contributed by atoms with Crippen LogP contribution in [0.3, 0.4) is 0 Å². The van der Waals surface area contributed by atoms with Gasteiger partial charge in [0.2, 0.25) is 65.0 Å². The van der Waals surface area contributed by atoms with E-state index in [-0.39, 0.29) is 90.4 Å². The van der Waals surface area contributed by atoms with E-state index in [9.17, 15) is 24.0 Å². The van der Waals surface area contributed by atoms with Crippen molar-refractivity contribution in [2.24, 2.45) is 57.3 Å². The highest BCUT2D eigenvalue weighted by atomic mass is 16.2. The third-order valence-electron chi connectivity index (χ3n) is 20.6. The summed E-state index contributed by atoms with van der Waals surface area (Å²) < 4.78 is 0. The van der Waals surface area contributed by atoms with Gasteiger partial charge >= 0.3 is 0 Å². The second-order valence-corrected chi connectivity index (χ2v) is 29.6. The monoisotopic (exact) mass is 1600 g/mol. The SMILES string of the molecule is NCCCC[C@H](NC(=O)[C@H](CCCCN)NC(=O)[C@H](Cc1c[nH]c2ccccc12)NC(=O)[C@H](CCCCN)NC(=O)[C@H](CCCCN)NC(=O)[C@H](Cc1c[nH]c2ccccc12)NC(=O)[C@H](CCCCN)NC(=O)[C@H](CCCCN)NC(=O)[C@H](Cc1c[nH]c2ccccc12)NC(=O)[C@H](CCCCN)NC(=O)[C@@H](N)CCCCN)C(N)=O. The zero-order chi connectivity index (χ0) is 83.4. The highest BCUT2D eigenvalue weighted by molar-refractivity contribution is 6.00. The van der Waals surface area contributed by atoms with Gasteiger partial charge in [-0.1, -0.05) is 61.0 Å². The van der Waals surface area contributed by atoms with E-state index < -0.39 is 131 Å². The zero-order valence-electron chi connectivity index (χ0n) is 66.5. The normalized spacial score (nSPS) is 14.3. The molecular formula is C81H129N23O11. The van der Waals surface area contributed by atoms with Crippen LogP contribution in [0.2, 0.25) is 0 Å². The number of hydrogen-bond acceptors (Lipinski definition) is 20. The molecule has 0 fully saturated rings. The molecule has 3 aromatic heterocycles. The molecule has 0 saturated heterocycles. The molecule has 0 bridgehead atoms. The van der Waals surface area contributed by atoms with E-state index in [0.717, 1.165) is 32.7 Å². The minimum absolute atomic E-state index is 0.000460. The van der Waals surface area contributed by atoms with Gasteiger partial charge in [0.1, 0.15) is 60.4 Å². The number of H-pyrrole nitrogens is 3. The van der Waals surface area contributed by atoms with Gasteiger partial charge in [0.05, 0.1) is 6.04 Å². The third kappa shape index (κ3) is 31.3. The summed E-state index contributed by atoms with van der Waals surface area (Å²) in [5.74, 6) is -8.16. The Bertz CT molecular complexity index is 4020. The molecule has 0 saturated carbocycles. The number of aromatic nitrogens is 3. The topological polar surface area (TPSA) is 616 Å². The van der Waals surface area contributed by atoms with Crippen LogP contribution in [0.4, 0.5) is 0 Å². The molecule has 3 aromatic carbocycles. The van der Waals surface area contributed by atoms with E-state index in [1.807, 2.05) is 72.8 Å². The second-order valence-electron chi connectivity index (χ2n) is 29.6. The number of unbranched alkanes of at least 4 members (excludes halogenated alkanes) is 8. The number of rotatable bonds is 59. The molecule has 634 valence electrons. The Kier molecular flexibility index (Phi) is 42.3. The Labute approximate surface area is 673 Å². The fourth-order valence-electron chi connectivity index (χ4n) is 13.9. The number of hydrogen-bond donors (Lipinski definition) is 23. The number of para-hydroxylation sites is 3. The van der Waals surface area contributed by atoms with Gasteiger partial charge in [0.25, 0.3) is 0 Å². The number of aromatic amines is 3. The van der Waals surface area contributed by atoms with E-state index in [4.69, 9.17) is 57.3 Å². The highest BCUT2D eigenvalue weighted by Crippen LogP contribution is 2.24. The standard InChI is InChI=1S/C81H129N23O11/c82-37-15-7-26-57(90)72(106)96-62(31-9-17-39-84)76(110)102-68(45-51-48-92-58-27-4-1-23-54(51)58)80(114)100-64(33-11-19-41-86)74(108)98-67(36-14-22-44-89)78(112)104-70(47-53-50-94-60-29-6-3-25-56(53)60)81(115)101-65(34-12-20-42-87)75(109)97-66(35-13-21-43-88)77(111)103-69(46-52-49-93-59-28-5-2-24-55(52)59)79(113)99-63(32-10-18-40-85)73(107)95-61(71(91)105)30-8-16-38-83/h1-6,23-25,27-29,48-50,57,61-70,92-94H,7-22,26,30-47,82-90H2,(H2,91,105)(H,95,107)(H,96,106)(H,97,109)(H,98,108)(H,99,113)(H,100,114)(H,101,115)(H,102,110)(H,103,111)(H,104,112)/t57-,61-,62-,63-,64-,65-,66-,67-,68-,69-,70-/m0/s1. The van der Waals surface area contributed by atoms with Crippen LogP contribution in [0.1, 0.15) is 171 Å². The number of nitrogens with one attached hydrogen (secondary N) is 13. The molecule has 33 N–H and O–H groups in total. The third-order valence-corrected chi connectivity index (χ3v) is 20.6. The molecule has 0 aliphatic heterocycles. The van der Waals surface area contributed by atoms with Crippen molar-refractivity contribution < 1.29 is 52.7 Å². The van der Waals surface area contributed by atoms with Crippen LogP contribution in [-0.2, 0) is 72.0 Å². The summed E-state index contributed by atoms with van der Waals surface area (Å²) in [6.07, 6.45) is 12.9. The minimum atomic E-state index is -1.46. The summed E-state index contributed by atoms with van der Waals surface area (Å²) in [5, 5.41) is 30.8. The summed E-state index contributed by atoms with van der Waals surface area (Å²) in [5.41, 5.74) is 63.3. The lowest BCUT2D eigenvalue weighted by Crippen LogP contribution is -2.61. The Balaban J connectivity index is 1.31. The van der Waals surface area contributed by atoms with Crippen molar-refractivity contribution in [2.75, 3.05) is 52.4 Å². The molecule has 11 amide bonds. The number of fused-ring (bicyclic) bond motifs is 3. The molecule has 0 aliphatic carbocycles. The van der Waals surface area contributed by atoms with Crippen molar-refractivity contribution in [3.63, 3.8) is 0 Å². The van der Waals surface area contributed by atoms with Crippen molar-refractivity contribution in [1.82, 2.24) is 68.1 Å². The maximum atomic E-state index is 15.4. The average Bonchev–Trinajstić information content (AvgIpc) is 1.72. The summed E-state index contributed by atoms with van der Waals surface area (Å²) in [4.78, 5) is 171. The Morgan fingerprint density at radius 3 is 0.678 bits per heavy atom. The van der Waals surface area contributed by atoms with Gasteiger partial charge in [-0.05, 0) is 235 Å². The number of benzene rings is 3. The number of nitrogens with two attached hydrogens (primary N) is 10. The fourth-order valence-corrected chi connectivity index (χ4v) is 13.9. The smallest absolute Gasteiger partial charge is 0.243 e. The molecule has 34 nitrogen and oxygen atoms in total. The van der Waals surface area contributed by atoms with Gasteiger partial charge in [0.15, 0.2) is 0 Å². The Morgan fingerprint density at radius 1 is 0.252 bits per heavy atom. The lowest BCUT2D eigenvalue weighted by molar-refractivity contribution is -0.136. The van der Waals surface area contributed by atoms with E-state index in [1.54, 1.807) is 18.6 Å². The number of amides is 11. The zero-order valence-corrected chi connectivity index (χ0v) is 66.5. The van der Waals surface area contributed by atoms with E-state index >= 15 is 28.8 Å². The number of primary amides is 1. The van der Waals surface area contributed by atoms with Crippen molar-refractivity contribution in [3.8, 4) is 0 Å². The van der Waals surface area contributed by atoms with Gasteiger partial charge in [-0.3, -0.25) is 52.7 Å². The Morgan fingerprint density at radius 2 is 0.443 bits per heavy atom. The van der Waals surface area contributed by atoms with Crippen LogP contribution < -0.4 is 111 Å². The molecule has 3 heterocycles. The molecule has 34 heteroatoms. The molecule has 0 unspecified atom stereocenters. The van der Waals surface area contributed by atoms with Crippen molar-refractivity contribution >= 4 is 97.7 Å². The van der Waals surface area contributed by atoms with Gasteiger partial charge in [-0.2, -0.15) is 0 Å². The maximum absolute atomic E-state index is 15.4. The van der Waals surface area contributed by atoms with E-state index in [2.05, 4.69) is 68.1 Å². The maximum Gasteiger partial charge on any atom is 0.243 e. The number of carbonyl (C=O) groups excluding carboxylic acids is 11. The summed E-state index contributed by atoms with van der Waals surface area (Å²) in [6.45, 7) is 2.32. The molecule has 6 rings (SSSR count). The molecule has 115 heavy (non-hydrogen) atoms. The minimum Gasteiger partial charge on any atom is -0.368 e. The van der Waals surface area contributed by atoms with Gasteiger partial charge in [-0.25, -0.2) is 0 Å². The van der Waals surface area contributed by atoms with E-state index in [1.165, 1.54) is 0 Å². The van der Waals surface area contributed by atoms with Crippen molar-refractivity contribution in [1.29, 1.82) is 0 Å². The summed E-state index contributed by atoms with van der Waals surface area (Å²) in [6, 6.07) is 8.13. The summed E-state index contributed by atoms with van der Waals surface area (Å²) >= 11 is 0. The highest BCUT2D eigenvalue weighted by Gasteiger charge is 2.37. The molecule has 0 aliphatic rings. The molecule has 0 spiro atoms. The quantitative estimate of drug-likeness (QED) is 0.0221. The van der Waals surface area contributed by atoms with Crippen LogP contribution in [0, 0.1) is 0 Å². The fraction of sp³-hybridized carbons (Fsp3) is 0.568. The Hall–Kier alpha value is -9.91. The van der Waals surface area contributed by atoms with Crippen molar-refractivity contribution in [3.05, 3.63) is 108 Å². The number of carbonyl (C=O) groups is 11. The van der Waals surface area contributed by atoms with E-state index in [0.29, 0.717) is 152 Å². The van der Waals surface area contributed by atoms with Crippen LogP contribution >= 0.6 is 0 Å². The van der Waals surface area contributed by atoms with Gasteiger partial charge < -0.3 is 125 Å². The first-order chi connectivity index (χ1) is 55.6. The van der Waals surface area contributed by atoms with Crippen LogP contribution in [-0.4, -0.2) is 199 Å².